The molecule has 1 N–H and O–H groups in total. The lowest BCUT2D eigenvalue weighted by atomic mass is 10.0. The number of ether oxygens (including phenoxy) is 1. The van der Waals surface area contributed by atoms with E-state index >= 15 is 0 Å². The van der Waals surface area contributed by atoms with Crippen molar-refractivity contribution in [2.24, 2.45) is 0 Å². The molecular weight excluding hydrogens is 380 g/mol. The van der Waals surface area contributed by atoms with E-state index < -0.39 is 12.1 Å². The number of carbonyl (C=O) groups excluding carboxylic acids is 3. The largest absolute Gasteiger partial charge is 0.368 e. The first-order valence-electron chi connectivity index (χ1n) is 10.4. The minimum Gasteiger partial charge on any atom is -0.368 e. The molecule has 6 heteroatoms. The van der Waals surface area contributed by atoms with Crippen molar-refractivity contribution in [2.75, 3.05) is 13.2 Å². The standard InChI is InChI=1S/C24H26N2O4/c27-20-16-30-21-13-14-26(23(20)21)24(29)19(15-18-9-5-2-6-10-18)25-22(28)12-11-17-7-3-1-4-8-17/h1-10,19,21,23H,11-16H2,(H,25,28)/t19?,21-,23?/m0/s1. The molecule has 0 saturated carbocycles. The van der Waals surface area contributed by atoms with Crippen LogP contribution < -0.4 is 5.32 Å². The summed E-state index contributed by atoms with van der Waals surface area (Å²) in [5.74, 6) is -0.434. The second kappa shape index (κ2) is 9.22. The van der Waals surface area contributed by atoms with Gasteiger partial charge in [-0.2, -0.15) is 0 Å². The number of hydrogen-bond acceptors (Lipinski definition) is 4. The molecule has 30 heavy (non-hydrogen) atoms. The van der Waals surface area contributed by atoms with Crippen LogP contribution >= 0.6 is 0 Å². The molecule has 2 aliphatic rings. The van der Waals surface area contributed by atoms with Crippen LogP contribution in [0.25, 0.3) is 0 Å². The summed E-state index contributed by atoms with van der Waals surface area (Å²) in [7, 11) is 0. The Hall–Kier alpha value is -2.99. The van der Waals surface area contributed by atoms with Gasteiger partial charge in [-0.1, -0.05) is 60.7 Å². The van der Waals surface area contributed by atoms with Crippen LogP contribution in [0.5, 0.6) is 0 Å². The number of aryl methyl sites for hydroxylation is 1. The first kappa shape index (κ1) is 20.3. The zero-order valence-electron chi connectivity index (χ0n) is 16.8. The molecule has 3 atom stereocenters. The minimum absolute atomic E-state index is 0.0558. The average Bonchev–Trinajstić information content (AvgIpc) is 3.36. The van der Waals surface area contributed by atoms with Gasteiger partial charge in [0.25, 0.3) is 0 Å². The molecule has 2 aromatic rings. The zero-order chi connectivity index (χ0) is 20.9. The second-order valence-corrected chi connectivity index (χ2v) is 7.88. The average molecular weight is 406 g/mol. The first-order valence-corrected chi connectivity index (χ1v) is 10.4. The molecule has 2 amide bonds. The molecule has 6 nitrogen and oxygen atoms in total. The lowest BCUT2D eigenvalue weighted by Gasteiger charge is -2.27. The van der Waals surface area contributed by atoms with E-state index in [-0.39, 0.29) is 30.3 Å². The predicted molar refractivity (Wildman–Crippen MR) is 112 cm³/mol. The Morgan fingerprint density at radius 2 is 1.70 bits per heavy atom. The van der Waals surface area contributed by atoms with Gasteiger partial charge in [0.2, 0.25) is 11.8 Å². The van der Waals surface area contributed by atoms with Gasteiger partial charge >= 0.3 is 0 Å². The third-order valence-corrected chi connectivity index (χ3v) is 5.79. The Labute approximate surface area is 176 Å². The predicted octanol–water partition coefficient (Wildman–Crippen LogP) is 1.92. The monoisotopic (exact) mass is 406 g/mol. The third kappa shape index (κ3) is 4.60. The Morgan fingerprint density at radius 3 is 2.40 bits per heavy atom. The van der Waals surface area contributed by atoms with E-state index in [0.29, 0.717) is 32.2 Å². The Bertz CT molecular complexity index is 900. The van der Waals surface area contributed by atoms with Crippen LogP contribution in [-0.2, 0) is 32.0 Å². The molecule has 0 aromatic heterocycles. The molecule has 0 aliphatic carbocycles. The lowest BCUT2D eigenvalue weighted by molar-refractivity contribution is -0.139. The normalized spacial score (nSPS) is 21.3. The highest BCUT2D eigenvalue weighted by Crippen LogP contribution is 2.27. The van der Waals surface area contributed by atoms with Gasteiger partial charge in [-0.25, -0.2) is 0 Å². The van der Waals surface area contributed by atoms with Gasteiger partial charge in [0.05, 0.1) is 6.10 Å². The number of amides is 2. The van der Waals surface area contributed by atoms with Crippen molar-refractivity contribution in [2.45, 2.75) is 43.9 Å². The number of nitrogens with zero attached hydrogens (tertiary/aromatic N) is 1. The highest BCUT2D eigenvalue weighted by molar-refractivity contribution is 5.95. The summed E-state index contributed by atoms with van der Waals surface area (Å²) < 4.78 is 5.51. The van der Waals surface area contributed by atoms with Crippen molar-refractivity contribution >= 4 is 17.6 Å². The smallest absolute Gasteiger partial charge is 0.246 e. The maximum atomic E-state index is 13.4. The van der Waals surface area contributed by atoms with E-state index in [0.717, 1.165) is 11.1 Å². The molecule has 4 rings (SSSR count). The fourth-order valence-electron chi connectivity index (χ4n) is 4.26. The van der Waals surface area contributed by atoms with Gasteiger partial charge in [-0.15, -0.1) is 0 Å². The van der Waals surface area contributed by atoms with Gasteiger partial charge < -0.3 is 15.0 Å². The van der Waals surface area contributed by atoms with E-state index in [1.807, 2.05) is 60.7 Å². The quantitative estimate of drug-likeness (QED) is 0.762. The van der Waals surface area contributed by atoms with Crippen molar-refractivity contribution < 1.29 is 19.1 Å². The van der Waals surface area contributed by atoms with Crippen LogP contribution in [-0.4, -0.2) is 53.8 Å². The molecule has 0 radical (unpaired) electrons. The summed E-state index contributed by atoms with van der Waals surface area (Å²) in [6, 6.07) is 18.2. The van der Waals surface area contributed by atoms with Crippen LogP contribution in [0.4, 0.5) is 0 Å². The Balaban J connectivity index is 1.45. The summed E-state index contributed by atoms with van der Waals surface area (Å²) in [4.78, 5) is 39.8. The van der Waals surface area contributed by atoms with E-state index in [9.17, 15) is 14.4 Å². The zero-order valence-corrected chi connectivity index (χ0v) is 16.8. The highest BCUT2D eigenvalue weighted by atomic mass is 16.5. The van der Waals surface area contributed by atoms with Gasteiger partial charge in [-0.05, 0) is 24.0 Å². The molecule has 2 unspecified atom stereocenters. The van der Waals surface area contributed by atoms with Crippen LogP contribution in [0.15, 0.2) is 60.7 Å². The number of nitrogens with one attached hydrogen (secondary N) is 1. The number of carbonyl (C=O) groups is 3. The van der Waals surface area contributed by atoms with Crippen molar-refractivity contribution in [1.29, 1.82) is 0 Å². The van der Waals surface area contributed by atoms with Crippen LogP contribution in [0.1, 0.15) is 24.0 Å². The van der Waals surface area contributed by atoms with Crippen LogP contribution in [0.3, 0.4) is 0 Å². The highest BCUT2D eigenvalue weighted by Gasteiger charge is 2.47. The Kier molecular flexibility index (Phi) is 6.23. The maximum absolute atomic E-state index is 13.4. The van der Waals surface area contributed by atoms with Crippen molar-refractivity contribution in [3.05, 3.63) is 71.8 Å². The fourth-order valence-corrected chi connectivity index (χ4v) is 4.26. The number of Topliss-reactive ketones (excluding diaryl/α,β-unsaturated/α-hetero) is 1. The van der Waals surface area contributed by atoms with Gasteiger partial charge in [0.1, 0.15) is 18.7 Å². The van der Waals surface area contributed by atoms with E-state index in [2.05, 4.69) is 5.32 Å². The maximum Gasteiger partial charge on any atom is 0.246 e. The number of ketones is 1. The topological polar surface area (TPSA) is 75.7 Å². The van der Waals surface area contributed by atoms with Crippen molar-refractivity contribution in [1.82, 2.24) is 10.2 Å². The number of hydrogen-bond donors (Lipinski definition) is 1. The minimum atomic E-state index is -0.706. The molecule has 2 fully saturated rings. The second-order valence-electron chi connectivity index (χ2n) is 7.88. The van der Waals surface area contributed by atoms with Crippen LogP contribution in [0, 0.1) is 0 Å². The third-order valence-electron chi connectivity index (χ3n) is 5.79. The number of rotatable bonds is 7. The fraction of sp³-hybridized carbons (Fsp3) is 0.375. The molecule has 156 valence electrons. The molecule has 2 heterocycles. The van der Waals surface area contributed by atoms with Crippen molar-refractivity contribution in [3.8, 4) is 0 Å². The Morgan fingerprint density at radius 1 is 1.03 bits per heavy atom. The van der Waals surface area contributed by atoms with Gasteiger partial charge in [-0.3, -0.25) is 14.4 Å². The van der Waals surface area contributed by atoms with Gasteiger partial charge in [0, 0.05) is 19.4 Å². The van der Waals surface area contributed by atoms with E-state index in [4.69, 9.17) is 4.74 Å². The van der Waals surface area contributed by atoms with E-state index in [1.54, 1.807) is 4.90 Å². The molecule has 0 spiro atoms. The summed E-state index contributed by atoms with van der Waals surface area (Å²) in [5.41, 5.74) is 2.04. The molecule has 2 aliphatic heterocycles. The summed E-state index contributed by atoms with van der Waals surface area (Å²) >= 11 is 0. The number of benzene rings is 2. The first-order chi connectivity index (χ1) is 14.6. The number of fused-ring (bicyclic) bond motifs is 1. The molecule has 2 saturated heterocycles. The summed E-state index contributed by atoms with van der Waals surface area (Å²) in [5, 5.41) is 2.92. The summed E-state index contributed by atoms with van der Waals surface area (Å²) in [6.45, 7) is 0.539. The molecule has 0 bridgehead atoms. The molecule has 2 aromatic carbocycles. The molecular formula is C24H26N2O4. The van der Waals surface area contributed by atoms with E-state index in [1.165, 1.54) is 0 Å². The summed E-state index contributed by atoms with van der Waals surface area (Å²) in [6.07, 6.45) is 1.74. The number of likely N-dealkylation sites (tertiary alicyclic amines) is 1. The SMILES string of the molecule is O=C(CCc1ccccc1)NC(Cc1ccccc1)C(=O)N1CC[C@@H]2OCC(=O)C21. The van der Waals surface area contributed by atoms with Crippen molar-refractivity contribution in [3.63, 3.8) is 0 Å². The van der Waals surface area contributed by atoms with Gasteiger partial charge in [0.15, 0.2) is 5.78 Å². The van der Waals surface area contributed by atoms with Crippen LogP contribution in [0.2, 0.25) is 0 Å². The lowest BCUT2D eigenvalue weighted by Crippen LogP contribution is -2.53.